The zero-order valence-electron chi connectivity index (χ0n) is 6.29. The van der Waals surface area contributed by atoms with E-state index in [-0.39, 0.29) is 17.0 Å². The number of carbonyl (C=O) groups excluding carboxylic acids is 1. The van der Waals surface area contributed by atoms with E-state index in [4.69, 9.17) is 5.73 Å². The van der Waals surface area contributed by atoms with Crippen LogP contribution in [0.15, 0.2) is 0 Å². The van der Waals surface area contributed by atoms with Crippen molar-refractivity contribution in [2.24, 2.45) is 11.7 Å². The minimum Gasteiger partial charge on any atom is -0.318 e. The third-order valence-electron chi connectivity index (χ3n) is 1.95. The summed E-state index contributed by atoms with van der Waals surface area (Å²) in [5, 5.41) is 0.0994. The zero-order chi connectivity index (χ0) is 7.94. The van der Waals surface area contributed by atoms with Crippen LogP contribution in [-0.2, 0) is 4.79 Å². The molecule has 0 aliphatic heterocycles. The number of hydrogen-bond acceptors (Lipinski definition) is 3. The lowest BCUT2D eigenvalue weighted by atomic mass is 10.0. The topological polar surface area (TPSA) is 43.1 Å². The van der Waals surface area contributed by atoms with Crippen molar-refractivity contribution in [2.45, 2.75) is 31.1 Å². The summed E-state index contributed by atoms with van der Waals surface area (Å²) in [5.74, 6) is 0.189. The molecule has 0 heterocycles. The van der Waals surface area contributed by atoms with Crippen LogP contribution >= 0.6 is 12.6 Å². The van der Waals surface area contributed by atoms with Crippen LogP contribution in [0.25, 0.3) is 0 Å². The van der Waals surface area contributed by atoms with Gasteiger partial charge in [-0.1, -0.05) is 13.8 Å². The van der Waals surface area contributed by atoms with Crippen LogP contribution in [0.2, 0.25) is 0 Å². The van der Waals surface area contributed by atoms with Gasteiger partial charge >= 0.3 is 0 Å². The van der Waals surface area contributed by atoms with Crippen LogP contribution in [0.5, 0.6) is 0 Å². The Hall–Kier alpha value is -0.0200. The highest BCUT2D eigenvalue weighted by atomic mass is 32.1. The lowest BCUT2D eigenvalue weighted by Gasteiger charge is -2.10. The molecule has 2 N–H and O–H groups in total. The number of ketones is 1. The third kappa shape index (κ3) is 1.08. The first-order chi connectivity index (χ1) is 4.48. The van der Waals surface area contributed by atoms with Crippen LogP contribution in [0.1, 0.15) is 20.3 Å². The highest BCUT2D eigenvalue weighted by Crippen LogP contribution is 2.40. The Kier molecular flexibility index (Phi) is 1.81. The molecular weight excluding hydrogens is 146 g/mol. The fourth-order valence-corrected chi connectivity index (χ4v) is 1.49. The number of rotatable bonds is 2. The first-order valence-corrected chi connectivity index (χ1v) is 4.01. The molecule has 0 saturated heterocycles. The lowest BCUT2D eigenvalue weighted by molar-refractivity contribution is -0.124. The van der Waals surface area contributed by atoms with Crippen molar-refractivity contribution in [3.05, 3.63) is 0 Å². The lowest BCUT2D eigenvalue weighted by Crippen LogP contribution is -2.38. The molecule has 1 rings (SSSR count). The summed E-state index contributed by atoms with van der Waals surface area (Å²) in [6.07, 6.45) is 0.743. The largest absolute Gasteiger partial charge is 0.318 e. The molecule has 0 radical (unpaired) electrons. The van der Waals surface area contributed by atoms with Gasteiger partial charge in [0.2, 0.25) is 0 Å². The quantitative estimate of drug-likeness (QED) is 0.580. The van der Waals surface area contributed by atoms with Crippen molar-refractivity contribution >= 4 is 18.4 Å². The fourth-order valence-electron chi connectivity index (χ4n) is 1.06. The van der Waals surface area contributed by atoms with Gasteiger partial charge in [-0.05, 0) is 6.42 Å². The molecule has 0 amide bonds. The molecule has 3 heteroatoms. The fraction of sp³-hybridized carbons (Fsp3) is 0.857. The van der Waals surface area contributed by atoms with Gasteiger partial charge < -0.3 is 5.73 Å². The average molecular weight is 159 g/mol. The summed E-state index contributed by atoms with van der Waals surface area (Å²) in [5.41, 5.74) is 5.12. The Labute approximate surface area is 66.6 Å². The van der Waals surface area contributed by atoms with Crippen molar-refractivity contribution in [3.8, 4) is 0 Å². The van der Waals surface area contributed by atoms with Crippen molar-refractivity contribution in [1.82, 2.24) is 0 Å². The first kappa shape index (κ1) is 8.08. The molecule has 1 aliphatic rings. The van der Waals surface area contributed by atoms with Crippen molar-refractivity contribution in [1.29, 1.82) is 0 Å². The maximum Gasteiger partial charge on any atom is 0.156 e. The number of thiol groups is 1. The average Bonchev–Trinajstić information content (AvgIpc) is 2.41. The van der Waals surface area contributed by atoms with Crippen LogP contribution < -0.4 is 5.73 Å². The third-order valence-corrected chi connectivity index (χ3v) is 2.59. The van der Waals surface area contributed by atoms with E-state index >= 15 is 0 Å². The summed E-state index contributed by atoms with van der Waals surface area (Å²) >= 11 is 4.15. The van der Waals surface area contributed by atoms with Crippen LogP contribution in [0, 0.1) is 5.92 Å². The molecule has 0 aromatic heterocycles. The standard InChI is InChI=1S/C7H13NOS/c1-4(2)6(9)7(8)3-5(7)10/h4-5,10H,3,8H2,1-2H3. The molecule has 0 spiro atoms. The van der Waals surface area contributed by atoms with E-state index in [0.717, 1.165) is 6.42 Å². The molecule has 0 aromatic rings. The maximum absolute atomic E-state index is 11.3. The van der Waals surface area contributed by atoms with E-state index in [9.17, 15) is 4.79 Å². The van der Waals surface area contributed by atoms with Crippen molar-refractivity contribution in [2.75, 3.05) is 0 Å². The van der Waals surface area contributed by atoms with Crippen LogP contribution in [0.3, 0.4) is 0 Å². The summed E-state index contributed by atoms with van der Waals surface area (Å²) in [6.45, 7) is 3.74. The van der Waals surface area contributed by atoms with E-state index in [1.165, 1.54) is 0 Å². The summed E-state index contributed by atoms with van der Waals surface area (Å²) in [6, 6.07) is 0. The summed E-state index contributed by atoms with van der Waals surface area (Å²) in [4.78, 5) is 11.3. The second-order valence-corrected chi connectivity index (χ2v) is 3.90. The first-order valence-electron chi connectivity index (χ1n) is 3.49. The predicted octanol–water partition coefficient (Wildman–Crippen LogP) is 0.611. The minimum atomic E-state index is -0.586. The Bertz CT molecular complexity index is 169. The molecule has 0 bridgehead atoms. The van der Waals surface area contributed by atoms with E-state index in [2.05, 4.69) is 12.6 Å². The van der Waals surface area contributed by atoms with Crippen LogP contribution in [0.4, 0.5) is 0 Å². The van der Waals surface area contributed by atoms with Crippen molar-refractivity contribution in [3.63, 3.8) is 0 Å². The SMILES string of the molecule is CC(C)C(=O)C1(N)CC1S. The smallest absolute Gasteiger partial charge is 0.156 e. The minimum absolute atomic E-state index is 0.0437. The Morgan fingerprint density at radius 1 is 1.80 bits per heavy atom. The van der Waals surface area contributed by atoms with Crippen molar-refractivity contribution < 1.29 is 4.79 Å². The second kappa shape index (κ2) is 2.24. The summed E-state index contributed by atoms with van der Waals surface area (Å²) in [7, 11) is 0. The highest BCUT2D eigenvalue weighted by molar-refractivity contribution is 7.81. The van der Waals surface area contributed by atoms with Gasteiger partial charge in [0.1, 0.15) is 0 Å². The zero-order valence-corrected chi connectivity index (χ0v) is 7.19. The molecule has 1 fully saturated rings. The van der Waals surface area contributed by atoms with Gasteiger partial charge in [-0.25, -0.2) is 0 Å². The van der Waals surface area contributed by atoms with Gasteiger partial charge in [0, 0.05) is 11.2 Å². The van der Waals surface area contributed by atoms with Gasteiger partial charge in [0.05, 0.1) is 5.54 Å². The van der Waals surface area contributed by atoms with E-state index < -0.39 is 5.54 Å². The number of hydrogen-bond donors (Lipinski definition) is 2. The molecule has 58 valence electrons. The molecule has 1 saturated carbocycles. The molecule has 0 aromatic carbocycles. The molecule has 2 unspecified atom stereocenters. The van der Waals surface area contributed by atoms with E-state index in [1.807, 2.05) is 13.8 Å². The Morgan fingerprint density at radius 2 is 2.20 bits per heavy atom. The second-order valence-electron chi connectivity index (χ2n) is 3.28. The number of Topliss-reactive ketones (excluding diaryl/α,β-unsaturated/α-hetero) is 1. The van der Waals surface area contributed by atoms with Gasteiger partial charge in [0.25, 0.3) is 0 Å². The molecular formula is C7H13NOS. The molecule has 1 aliphatic carbocycles. The van der Waals surface area contributed by atoms with Gasteiger partial charge in [-0.3, -0.25) is 4.79 Å². The maximum atomic E-state index is 11.3. The Morgan fingerprint density at radius 3 is 2.30 bits per heavy atom. The molecule has 10 heavy (non-hydrogen) atoms. The monoisotopic (exact) mass is 159 g/mol. The summed E-state index contributed by atoms with van der Waals surface area (Å²) < 4.78 is 0. The molecule has 2 atom stereocenters. The van der Waals surface area contributed by atoms with E-state index in [0.29, 0.717) is 0 Å². The Balaban J connectivity index is 2.59. The molecule has 2 nitrogen and oxygen atoms in total. The van der Waals surface area contributed by atoms with Gasteiger partial charge in [-0.2, -0.15) is 12.6 Å². The highest BCUT2D eigenvalue weighted by Gasteiger charge is 2.55. The normalized spacial score (nSPS) is 38.3. The number of nitrogens with two attached hydrogens (primary N) is 1. The van der Waals surface area contributed by atoms with Crippen LogP contribution in [-0.4, -0.2) is 16.6 Å². The van der Waals surface area contributed by atoms with Gasteiger partial charge in [0.15, 0.2) is 5.78 Å². The van der Waals surface area contributed by atoms with Gasteiger partial charge in [-0.15, -0.1) is 0 Å². The number of carbonyl (C=O) groups is 1. The van der Waals surface area contributed by atoms with E-state index in [1.54, 1.807) is 0 Å². The predicted molar refractivity (Wildman–Crippen MR) is 44.2 cm³/mol.